The minimum Gasteiger partial charge on any atom is -0.378 e. The molecule has 1 fully saturated rings. The first-order valence-electron chi connectivity index (χ1n) is 9.41. The van der Waals surface area contributed by atoms with Gasteiger partial charge in [0, 0.05) is 71.9 Å². The molecule has 1 aliphatic rings. The Bertz CT molecular complexity index is 726. The van der Waals surface area contributed by atoms with Crippen molar-refractivity contribution in [2.45, 2.75) is 6.42 Å². The van der Waals surface area contributed by atoms with Gasteiger partial charge in [-0.15, -0.1) is 24.0 Å². The average Bonchev–Trinajstić information content (AvgIpc) is 2.72. The van der Waals surface area contributed by atoms with E-state index in [4.69, 9.17) is 0 Å². The van der Waals surface area contributed by atoms with Crippen molar-refractivity contribution in [3.63, 3.8) is 0 Å². The Morgan fingerprint density at radius 1 is 1.07 bits per heavy atom. The largest absolute Gasteiger partial charge is 0.378 e. The number of nitrogens with one attached hydrogen (secondary N) is 1. The molecule has 1 aliphatic heterocycles. The van der Waals surface area contributed by atoms with Gasteiger partial charge in [-0.2, -0.15) is 0 Å². The van der Waals surface area contributed by atoms with Gasteiger partial charge in [0.25, 0.3) is 0 Å². The Hall–Kier alpha value is -2.10. The highest BCUT2D eigenvalue weighted by molar-refractivity contribution is 14.0. The predicted molar refractivity (Wildman–Crippen MR) is 127 cm³/mol. The van der Waals surface area contributed by atoms with Gasteiger partial charge in [-0.1, -0.05) is 12.1 Å². The molecule has 0 bridgehead atoms. The molecule has 3 rings (SSSR count). The highest BCUT2D eigenvalue weighted by Gasteiger charge is 2.20. The maximum atomic E-state index is 4.45. The number of hydrogen-bond donors (Lipinski definition) is 1. The van der Waals surface area contributed by atoms with Crippen LogP contribution in [0.5, 0.6) is 0 Å². The standard InChI is InChI=1S/C20H29N7.HI/c1-21-19(24-12-9-17-5-7-18(8-6-17)25(2)3)26-13-15-27(16-14-26)20-22-10-4-11-23-20;/h4-8,10-11H,9,12-16H2,1-3H3,(H,21,24);1H. The maximum Gasteiger partial charge on any atom is 0.225 e. The quantitative estimate of drug-likeness (QED) is 0.390. The lowest BCUT2D eigenvalue weighted by Crippen LogP contribution is -2.53. The molecule has 1 saturated heterocycles. The molecule has 0 spiro atoms. The smallest absolute Gasteiger partial charge is 0.225 e. The van der Waals surface area contributed by atoms with Crippen molar-refractivity contribution in [1.29, 1.82) is 0 Å². The number of rotatable bonds is 5. The monoisotopic (exact) mass is 495 g/mol. The molecule has 1 aromatic heterocycles. The summed E-state index contributed by atoms with van der Waals surface area (Å²) in [5, 5.41) is 3.50. The van der Waals surface area contributed by atoms with E-state index >= 15 is 0 Å². The van der Waals surface area contributed by atoms with Gasteiger partial charge in [-0.05, 0) is 30.2 Å². The molecule has 28 heavy (non-hydrogen) atoms. The number of anilines is 2. The van der Waals surface area contributed by atoms with Gasteiger partial charge in [-0.25, -0.2) is 9.97 Å². The van der Waals surface area contributed by atoms with Crippen LogP contribution in [-0.2, 0) is 6.42 Å². The molecule has 0 saturated carbocycles. The van der Waals surface area contributed by atoms with Crippen LogP contribution < -0.4 is 15.1 Å². The first kappa shape index (κ1) is 22.2. The second-order valence-corrected chi connectivity index (χ2v) is 6.81. The van der Waals surface area contributed by atoms with Crippen molar-refractivity contribution in [2.75, 3.05) is 63.7 Å². The minimum atomic E-state index is 0. The van der Waals surface area contributed by atoms with Crippen LogP contribution in [0.4, 0.5) is 11.6 Å². The number of benzene rings is 1. The third-order valence-corrected chi connectivity index (χ3v) is 4.78. The molecule has 2 aromatic rings. The fourth-order valence-electron chi connectivity index (χ4n) is 3.18. The van der Waals surface area contributed by atoms with Gasteiger partial charge < -0.3 is 20.0 Å². The Kier molecular flexibility index (Phi) is 8.75. The summed E-state index contributed by atoms with van der Waals surface area (Å²) >= 11 is 0. The van der Waals surface area contributed by atoms with Crippen LogP contribution >= 0.6 is 24.0 Å². The lowest BCUT2D eigenvalue weighted by atomic mass is 10.1. The molecule has 0 unspecified atom stereocenters. The molecule has 0 radical (unpaired) electrons. The summed E-state index contributed by atoms with van der Waals surface area (Å²) in [5.41, 5.74) is 2.55. The Morgan fingerprint density at radius 2 is 1.71 bits per heavy atom. The van der Waals surface area contributed by atoms with Gasteiger partial charge in [-0.3, -0.25) is 4.99 Å². The van der Waals surface area contributed by atoms with E-state index in [1.807, 2.05) is 13.1 Å². The van der Waals surface area contributed by atoms with Crippen molar-refractivity contribution >= 4 is 41.6 Å². The van der Waals surface area contributed by atoms with E-state index in [1.165, 1.54) is 11.3 Å². The van der Waals surface area contributed by atoms with E-state index < -0.39 is 0 Å². The van der Waals surface area contributed by atoms with E-state index in [0.717, 1.165) is 51.1 Å². The van der Waals surface area contributed by atoms with Gasteiger partial charge in [0.2, 0.25) is 5.95 Å². The number of hydrogen-bond acceptors (Lipinski definition) is 5. The lowest BCUT2D eigenvalue weighted by molar-refractivity contribution is 0.370. The number of aliphatic imine (C=N–C) groups is 1. The average molecular weight is 495 g/mol. The zero-order chi connectivity index (χ0) is 19.1. The molecule has 0 amide bonds. The molecule has 0 aliphatic carbocycles. The van der Waals surface area contributed by atoms with Crippen molar-refractivity contribution in [1.82, 2.24) is 20.2 Å². The molecular formula is C20H30IN7. The zero-order valence-electron chi connectivity index (χ0n) is 16.9. The Balaban J connectivity index is 0.00000280. The second kappa shape index (κ2) is 11.0. The summed E-state index contributed by atoms with van der Waals surface area (Å²) in [6, 6.07) is 10.6. The van der Waals surface area contributed by atoms with Gasteiger partial charge in [0.1, 0.15) is 0 Å². The number of halogens is 1. The van der Waals surface area contributed by atoms with E-state index in [1.54, 1.807) is 12.4 Å². The summed E-state index contributed by atoms with van der Waals surface area (Å²) < 4.78 is 0. The first-order chi connectivity index (χ1) is 13.2. The highest BCUT2D eigenvalue weighted by Crippen LogP contribution is 2.13. The van der Waals surface area contributed by atoms with E-state index in [0.29, 0.717) is 0 Å². The number of guanidine groups is 1. The zero-order valence-corrected chi connectivity index (χ0v) is 19.2. The Labute approximate surface area is 184 Å². The molecule has 2 heterocycles. The van der Waals surface area contributed by atoms with Gasteiger partial charge in [0.05, 0.1) is 0 Å². The summed E-state index contributed by atoms with van der Waals surface area (Å²) in [7, 11) is 5.97. The van der Waals surface area contributed by atoms with Crippen molar-refractivity contribution in [2.24, 2.45) is 4.99 Å². The maximum absolute atomic E-state index is 4.45. The Morgan fingerprint density at radius 3 is 2.29 bits per heavy atom. The fraction of sp³-hybridized carbons (Fsp3) is 0.450. The van der Waals surface area contributed by atoms with E-state index in [9.17, 15) is 0 Å². The summed E-state index contributed by atoms with van der Waals surface area (Å²) in [5.74, 6) is 1.77. The molecule has 152 valence electrons. The SMILES string of the molecule is CN=C(NCCc1ccc(N(C)C)cc1)N1CCN(c2ncccn2)CC1.I. The summed E-state index contributed by atoms with van der Waals surface area (Å²) in [6.07, 6.45) is 4.56. The van der Waals surface area contributed by atoms with Crippen LogP contribution in [0, 0.1) is 0 Å². The summed E-state index contributed by atoms with van der Waals surface area (Å²) in [6.45, 7) is 4.49. The summed E-state index contributed by atoms with van der Waals surface area (Å²) in [4.78, 5) is 19.8. The van der Waals surface area contributed by atoms with Crippen LogP contribution in [0.15, 0.2) is 47.7 Å². The third-order valence-electron chi connectivity index (χ3n) is 4.78. The molecule has 1 N–H and O–H groups in total. The van der Waals surface area contributed by atoms with Crippen molar-refractivity contribution in [3.05, 3.63) is 48.3 Å². The minimum absolute atomic E-state index is 0. The molecule has 8 heteroatoms. The number of nitrogens with zero attached hydrogens (tertiary/aromatic N) is 6. The number of aromatic nitrogens is 2. The van der Waals surface area contributed by atoms with Crippen LogP contribution in [0.2, 0.25) is 0 Å². The van der Waals surface area contributed by atoms with Crippen molar-refractivity contribution < 1.29 is 0 Å². The van der Waals surface area contributed by atoms with Crippen LogP contribution in [0.3, 0.4) is 0 Å². The normalized spacial score (nSPS) is 14.5. The predicted octanol–water partition coefficient (Wildman–Crippen LogP) is 2.10. The van der Waals surface area contributed by atoms with Gasteiger partial charge in [0.15, 0.2) is 5.96 Å². The van der Waals surface area contributed by atoms with Crippen molar-refractivity contribution in [3.8, 4) is 0 Å². The second-order valence-electron chi connectivity index (χ2n) is 6.81. The van der Waals surface area contributed by atoms with Gasteiger partial charge >= 0.3 is 0 Å². The lowest BCUT2D eigenvalue weighted by Gasteiger charge is -2.36. The van der Waals surface area contributed by atoms with E-state index in [2.05, 4.69) is 73.3 Å². The first-order valence-corrected chi connectivity index (χ1v) is 9.41. The molecule has 7 nitrogen and oxygen atoms in total. The number of piperazine rings is 1. The fourth-order valence-corrected chi connectivity index (χ4v) is 3.18. The van der Waals surface area contributed by atoms with E-state index in [-0.39, 0.29) is 24.0 Å². The van der Waals surface area contributed by atoms with Crippen LogP contribution in [0.25, 0.3) is 0 Å². The molecule has 1 aromatic carbocycles. The van der Waals surface area contributed by atoms with Crippen LogP contribution in [0.1, 0.15) is 5.56 Å². The molecular weight excluding hydrogens is 465 g/mol. The third kappa shape index (κ3) is 5.95. The molecule has 0 atom stereocenters. The van der Waals surface area contributed by atoms with Crippen LogP contribution in [-0.4, -0.2) is 74.7 Å². The topological polar surface area (TPSA) is 59.9 Å². The highest BCUT2D eigenvalue weighted by atomic mass is 127.